The van der Waals surface area contributed by atoms with Crippen LogP contribution in [0, 0.1) is 0 Å². The van der Waals surface area contributed by atoms with E-state index in [1.54, 1.807) is 7.11 Å². The molecule has 0 aliphatic rings. The summed E-state index contributed by atoms with van der Waals surface area (Å²) in [5.41, 5.74) is 3.47. The molecule has 1 heterocycles. The van der Waals surface area contributed by atoms with E-state index in [4.69, 9.17) is 4.74 Å². The van der Waals surface area contributed by atoms with Crippen molar-refractivity contribution in [2.24, 2.45) is 0 Å². The highest BCUT2D eigenvalue weighted by Crippen LogP contribution is 2.35. The molecule has 0 aliphatic heterocycles. The van der Waals surface area contributed by atoms with Crippen molar-refractivity contribution in [2.75, 3.05) is 7.11 Å². The number of ether oxygens (including phenoxy) is 1. The van der Waals surface area contributed by atoms with Crippen molar-refractivity contribution in [1.82, 2.24) is 4.57 Å². The van der Waals surface area contributed by atoms with E-state index in [-0.39, 0.29) is 0 Å². The SMILES string of the molecule is COc1ccc(-n2c3cc(Br)ccc3c3ccc(Br)cc32)cc1. The van der Waals surface area contributed by atoms with Gasteiger partial charge in [0.2, 0.25) is 0 Å². The normalized spacial score (nSPS) is 11.3. The Kier molecular flexibility index (Phi) is 3.66. The lowest BCUT2D eigenvalue weighted by Crippen LogP contribution is -1.94. The van der Waals surface area contributed by atoms with Crippen LogP contribution in [0.25, 0.3) is 27.5 Å². The fourth-order valence-electron chi connectivity index (χ4n) is 2.97. The predicted octanol–water partition coefficient (Wildman–Crippen LogP) is 6.32. The number of nitrogens with zero attached hydrogens (tertiary/aromatic N) is 1. The van der Waals surface area contributed by atoms with Gasteiger partial charge in [-0.3, -0.25) is 0 Å². The molecule has 0 amide bonds. The van der Waals surface area contributed by atoms with E-state index in [1.165, 1.54) is 21.8 Å². The number of hydrogen-bond donors (Lipinski definition) is 0. The maximum Gasteiger partial charge on any atom is 0.119 e. The van der Waals surface area contributed by atoms with Gasteiger partial charge in [0.1, 0.15) is 5.75 Å². The quantitative estimate of drug-likeness (QED) is 0.363. The lowest BCUT2D eigenvalue weighted by molar-refractivity contribution is 0.415. The Morgan fingerprint density at radius 3 is 1.74 bits per heavy atom. The third-order valence-electron chi connectivity index (χ3n) is 4.02. The molecule has 4 aromatic rings. The summed E-state index contributed by atoms with van der Waals surface area (Å²) in [6, 6.07) is 21.0. The van der Waals surface area contributed by atoms with Crippen molar-refractivity contribution < 1.29 is 4.74 Å². The van der Waals surface area contributed by atoms with Crippen molar-refractivity contribution in [3.63, 3.8) is 0 Å². The molecule has 0 radical (unpaired) electrons. The summed E-state index contributed by atoms with van der Waals surface area (Å²) in [4.78, 5) is 0. The van der Waals surface area contributed by atoms with E-state index in [1.807, 2.05) is 12.1 Å². The van der Waals surface area contributed by atoms with Crippen molar-refractivity contribution >= 4 is 53.7 Å². The van der Waals surface area contributed by atoms with Gasteiger partial charge in [-0.15, -0.1) is 0 Å². The number of hydrogen-bond acceptors (Lipinski definition) is 1. The van der Waals surface area contributed by atoms with Crippen LogP contribution in [-0.2, 0) is 0 Å². The molecule has 4 heteroatoms. The van der Waals surface area contributed by atoms with E-state index in [2.05, 4.69) is 85.0 Å². The van der Waals surface area contributed by atoms with Crippen LogP contribution < -0.4 is 4.74 Å². The zero-order valence-corrected chi connectivity index (χ0v) is 15.6. The summed E-state index contributed by atoms with van der Waals surface area (Å²) < 4.78 is 9.69. The zero-order chi connectivity index (χ0) is 16.0. The lowest BCUT2D eigenvalue weighted by Gasteiger charge is -2.09. The standard InChI is InChI=1S/C19H13Br2NO/c1-23-15-6-4-14(5-7-15)22-18-10-12(20)2-8-16(18)17-9-3-13(21)11-19(17)22/h2-11H,1H3. The van der Waals surface area contributed by atoms with Gasteiger partial charge in [-0.2, -0.15) is 0 Å². The van der Waals surface area contributed by atoms with Crippen LogP contribution in [0.5, 0.6) is 5.75 Å². The molecule has 0 N–H and O–H groups in total. The number of methoxy groups -OCH3 is 1. The summed E-state index contributed by atoms with van der Waals surface area (Å²) in [7, 11) is 1.68. The third-order valence-corrected chi connectivity index (χ3v) is 5.01. The summed E-state index contributed by atoms with van der Waals surface area (Å²) in [6.45, 7) is 0. The third kappa shape index (κ3) is 2.46. The molecular weight excluding hydrogens is 418 g/mol. The fourth-order valence-corrected chi connectivity index (χ4v) is 3.67. The average Bonchev–Trinajstić information content (AvgIpc) is 2.87. The molecule has 2 nitrogen and oxygen atoms in total. The van der Waals surface area contributed by atoms with Gasteiger partial charge >= 0.3 is 0 Å². The van der Waals surface area contributed by atoms with E-state index < -0.39 is 0 Å². The second-order valence-electron chi connectivity index (χ2n) is 5.36. The molecule has 0 bridgehead atoms. The molecule has 3 aromatic carbocycles. The number of fused-ring (bicyclic) bond motifs is 3. The van der Waals surface area contributed by atoms with Gasteiger partial charge in [0.05, 0.1) is 18.1 Å². The van der Waals surface area contributed by atoms with E-state index in [0.717, 1.165) is 20.4 Å². The largest absolute Gasteiger partial charge is 0.497 e. The van der Waals surface area contributed by atoms with Crippen LogP contribution in [0.15, 0.2) is 69.6 Å². The van der Waals surface area contributed by atoms with Crippen LogP contribution in [0.1, 0.15) is 0 Å². The predicted molar refractivity (Wildman–Crippen MR) is 103 cm³/mol. The Hall–Kier alpha value is -1.78. The monoisotopic (exact) mass is 429 g/mol. The topological polar surface area (TPSA) is 14.2 Å². The zero-order valence-electron chi connectivity index (χ0n) is 12.4. The minimum Gasteiger partial charge on any atom is -0.497 e. The molecule has 0 saturated carbocycles. The second kappa shape index (κ2) is 5.69. The molecule has 1 aromatic heterocycles. The Labute approximate surface area is 150 Å². The van der Waals surface area contributed by atoms with Gasteiger partial charge in [0.15, 0.2) is 0 Å². The van der Waals surface area contributed by atoms with Crippen molar-refractivity contribution in [1.29, 1.82) is 0 Å². The van der Waals surface area contributed by atoms with Crippen molar-refractivity contribution in [2.45, 2.75) is 0 Å². The first kappa shape index (κ1) is 14.8. The number of halogens is 2. The first-order valence-electron chi connectivity index (χ1n) is 7.21. The van der Waals surface area contributed by atoms with Gasteiger partial charge < -0.3 is 9.30 Å². The van der Waals surface area contributed by atoms with Gasteiger partial charge in [0, 0.05) is 25.4 Å². The smallest absolute Gasteiger partial charge is 0.119 e. The summed E-state index contributed by atoms with van der Waals surface area (Å²) >= 11 is 7.18. The van der Waals surface area contributed by atoms with Gasteiger partial charge in [-0.25, -0.2) is 0 Å². The van der Waals surface area contributed by atoms with Crippen molar-refractivity contribution in [3.8, 4) is 11.4 Å². The Morgan fingerprint density at radius 1 is 0.739 bits per heavy atom. The van der Waals surface area contributed by atoms with E-state index in [9.17, 15) is 0 Å². The first-order valence-corrected chi connectivity index (χ1v) is 8.79. The van der Waals surface area contributed by atoms with Gasteiger partial charge in [-0.05, 0) is 48.5 Å². The molecule has 0 unspecified atom stereocenters. The van der Waals surface area contributed by atoms with Gasteiger partial charge in [0.25, 0.3) is 0 Å². The molecule has 0 fully saturated rings. The average molecular weight is 431 g/mol. The first-order chi connectivity index (χ1) is 11.2. The van der Waals surface area contributed by atoms with Gasteiger partial charge in [-0.1, -0.05) is 44.0 Å². The van der Waals surface area contributed by atoms with Crippen LogP contribution in [-0.4, -0.2) is 11.7 Å². The van der Waals surface area contributed by atoms with Crippen LogP contribution >= 0.6 is 31.9 Å². The molecule has 114 valence electrons. The minimum absolute atomic E-state index is 0.858. The molecule has 0 saturated heterocycles. The molecule has 0 spiro atoms. The number of rotatable bonds is 2. The highest BCUT2D eigenvalue weighted by Gasteiger charge is 2.13. The van der Waals surface area contributed by atoms with Crippen molar-refractivity contribution in [3.05, 3.63) is 69.6 Å². The van der Waals surface area contributed by atoms with Crippen LogP contribution in [0.2, 0.25) is 0 Å². The Balaban J connectivity index is 2.12. The molecular formula is C19H13Br2NO. The Morgan fingerprint density at radius 2 is 1.26 bits per heavy atom. The number of benzene rings is 3. The second-order valence-corrected chi connectivity index (χ2v) is 7.19. The highest BCUT2D eigenvalue weighted by molar-refractivity contribution is 9.10. The number of aromatic nitrogens is 1. The minimum atomic E-state index is 0.858. The summed E-state index contributed by atoms with van der Waals surface area (Å²) in [6.07, 6.45) is 0. The van der Waals surface area contributed by atoms with Crippen LogP contribution in [0.4, 0.5) is 0 Å². The fraction of sp³-hybridized carbons (Fsp3) is 0.0526. The highest BCUT2D eigenvalue weighted by atomic mass is 79.9. The maximum atomic E-state index is 5.28. The lowest BCUT2D eigenvalue weighted by atomic mass is 10.2. The van der Waals surface area contributed by atoms with E-state index in [0.29, 0.717) is 0 Å². The molecule has 0 atom stereocenters. The molecule has 4 rings (SSSR count). The maximum absolute atomic E-state index is 5.28. The molecule has 0 aliphatic carbocycles. The van der Waals surface area contributed by atoms with E-state index >= 15 is 0 Å². The summed E-state index contributed by atoms with van der Waals surface area (Å²) in [5, 5.41) is 2.48. The Bertz CT molecular complexity index is 960. The summed E-state index contributed by atoms with van der Waals surface area (Å²) in [5.74, 6) is 0.858. The molecule has 23 heavy (non-hydrogen) atoms. The van der Waals surface area contributed by atoms with Crippen LogP contribution in [0.3, 0.4) is 0 Å².